The molecule has 50 heavy (non-hydrogen) atoms. The maximum atomic E-state index is 7.30. The maximum absolute atomic E-state index is 7.30. The van der Waals surface area contributed by atoms with Crippen LogP contribution in [-0.4, -0.2) is 47.7 Å². The summed E-state index contributed by atoms with van der Waals surface area (Å²) in [5.74, 6) is 0.710. The lowest BCUT2D eigenvalue weighted by molar-refractivity contribution is -0.215. The summed E-state index contributed by atoms with van der Waals surface area (Å²) in [6.45, 7) is 31.0. The van der Waals surface area contributed by atoms with Gasteiger partial charge >= 0.3 is 0 Å². The normalized spacial score (nSPS) is 23.3. The largest absolute Gasteiger partial charge is 0.411 e. The first-order valence-electron chi connectivity index (χ1n) is 18.9. The smallest absolute Gasteiger partial charge is 0.261 e. The Bertz CT molecular complexity index is 1410. The summed E-state index contributed by atoms with van der Waals surface area (Å²) < 4.78 is 28.7. The summed E-state index contributed by atoms with van der Waals surface area (Å²) in [6, 6.07) is 32.3. The van der Waals surface area contributed by atoms with Crippen molar-refractivity contribution >= 4 is 27.0 Å². The monoisotopic (exact) mass is 714 g/mol. The van der Waals surface area contributed by atoms with E-state index in [1.165, 1.54) is 10.4 Å². The summed E-state index contributed by atoms with van der Waals surface area (Å²) in [7, 11) is -4.72. The van der Waals surface area contributed by atoms with Crippen LogP contribution in [0, 0.1) is 17.8 Å². The molecule has 1 aliphatic heterocycles. The van der Waals surface area contributed by atoms with Crippen LogP contribution in [0.4, 0.5) is 0 Å². The summed E-state index contributed by atoms with van der Waals surface area (Å²) in [4.78, 5) is 0. The second-order valence-electron chi connectivity index (χ2n) is 17.2. The number of rotatable bonds is 15. The Morgan fingerprint density at radius 3 is 1.78 bits per heavy atom. The molecule has 0 aliphatic carbocycles. The molecule has 1 saturated heterocycles. The van der Waals surface area contributed by atoms with Gasteiger partial charge in [0, 0.05) is 12.5 Å². The minimum atomic E-state index is -2.60. The molecule has 0 unspecified atom stereocenters. The van der Waals surface area contributed by atoms with Crippen molar-refractivity contribution < 1.29 is 18.3 Å². The number of benzene rings is 3. The number of hydrogen-bond acceptors (Lipinski definition) is 4. The molecule has 1 aliphatic rings. The summed E-state index contributed by atoms with van der Waals surface area (Å²) in [5.41, 5.74) is 1.16. The lowest BCUT2D eigenvalue weighted by Crippen LogP contribution is -2.66. The fourth-order valence-corrected chi connectivity index (χ4v) is 13.3. The van der Waals surface area contributed by atoms with Crippen LogP contribution >= 0.6 is 0 Å². The molecule has 4 nitrogen and oxygen atoms in total. The van der Waals surface area contributed by atoms with Crippen LogP contribution < -0.4 is 10.4 Å². The Labute approximate surface area is 307 Å². The lowest BCUT2D eigenvalue weighted by Gasteiger charge is -2.51. The Hall–Kier alpha value is -2.33. The van der Waals surface area contributed by atoms with Crippen LogP contribution in [0.15, 0.2) is 104 Å². The van der Waals surface area contributed by atoms with Crippen LogP contribution in [-0.2, 0) is 24.9 Å². The van der Waals surface area contributed by atoms with Gasteiger partial charge in [0.05, 0.1) is 24.9 Å². The van der Waals surface area contributed by atoms with Gasteiger partial charge in [0.25, 0.3) is 8.32 Å². The number of hydrogen-bond donors (Lipinski definition) is 0. The van der Waals surface area contributed by atoms with Gasteiger partial charge in [0.15, 0.2) is 8.32 Å². The molecule has 0 saturated carbocycles. The Kier molecular flexibility index (Phi) is 13.8. The van der Waals surface area contributed by atoms with Gasteiger partial charge in [-0.3, -0.25) is 0 Å². The first-order chi connectivity index (χ1) is 23.5. The van der Waals surface area contributed by atoms with E-state index in [2.05, 4.69) is 167 Å². The third-order valence-corrected chi connectivity index (χ3v) is 21.2. The van der Waals surface area contributed by atoms with Gasteiger partial charge in [0.1, 0.15) is 6.10 Å². The average molecular weight is 715 g/mol. The van der Waals surface area contributed by atoms with E-state index in [0.29, 0.717) is 25.0 Å². The van der Waals surface area contributed by atoms with Crippen molar-refractivity contribution in [3.8, 4) is 0 Å². The van der Waals surface area contributed by atoms with Crippen LogP contribution in [0.3, 0.4) is 0 Å². The van der Waals surface area contributed by atoms with E-state index in [1.54, 1.807) is 0 Å². The summed E-state index contributed by atoms with van der Waals surface area (Å²) in [5, 5.41) is 2.66. The zero-order valence-electron chi connectivity index (χ0n) is 32.9. The van der Waals surface area contributed by atoms with Crippen LogP contribution in [0.2, 0.25) is 23.2 Å². The zero-order valence-corrected chi connectivity index (χ0v) is 34.9. The van der Waals surface area contributed by atoms with Gasteiger partial charge in [-0.15, -0.1) is 6.58 Å². The Morgan fingerprint density at radius 1 is 0.780 bits per heavy atom. The summed E-state index contributed by atoms with van der Waals surface area (Å²) >= 11 is 0. The van der Waals surface area contributed by atoms with Crippen LogP contribution in [0.5, 0.6) is 0 Å². The second-order valence-corrected chi connectivity index (χ2v) is 26.3. The Morgan fingerprint density at radius 2 is 1.30 bits per heavy atom. The first kappa shape index (κ1) is 40.4. The van der Waals surface area contributed by atoms with Gasteiger partial charge in [-0.25, -0.2) is 0 Å². The fraction of sp³-hybridized carbons (Fsp3) is 0.545. The minimum absolute atomic E-state index is 0.0532. The van der Waals surface area contributed by atoms with Gasteiger partial charge in [-0.05, 0) is 63.8 Å². The van der Waals surface area contributed by atoms with E-state index in [4.69, 9.17) is 18.3 Å². The molecule has 0 amide bonds. The van der Waals surface area contributed by atoms with E-state index >= 15 is 0 Å². The van der Waals surface area contributed by atoms with E-state index < -0.39 is 16.6 Å². The third kappa shape index (κ3) is 9.18. The molecular weight excluding hydrogens is 649 g/mol. The molecule has 3 aromatic rings. The fourth-order valence-electron chi connectivity index (χ4n) is 7.34. The molecule has 0 N–H and O–H groups in total. The highest BCUT2D eigenvalue weighted by molar-refractivity contribution is 6.99. The van der Waals surface area contributed by atoms with Crippen molar-refractivity contribution in [1.29, 1.82) is 0 Å². The summed E-state index contributed by atoms with van der Waals surface area (Å²) in [6.07, 6.45) is 3.44. The van der Waals surface area contributed by atoms with E-state index in [0.717, 1.165) is 18.4 Å². The molecule has 274 valence electrons. The van der Waals surface area contributed by atoms with E-state index in [1.807, 2.05) is 12.1 Å². The molecule has 0 aromatic heterocycles. The van der Waals surface area contributed by atoms with E-state index in [-0.39, 0.29) is 40.4 Å². The predicted octanol–water partition coefficient (Wildman–Crippen LogP) is 10.2. The molecule has 1 heterocycles. The highest BCUT2D eigenvalue weighted by Crippen LogP contribution is 2.44. The molecule has 0 radical (unpaired) electrons. The van der Waals surface area contributed by atoms with Crippen molar-refractivity contribution in [1.82, 2.24) is 0 Å². The standard InChI is InChI=1S/C44H66O4Si2/c1-13-33(2)40(45-32-36-24-17-14-18-25-36)42-41(48-49(11,12)43(5,6)7)35(4)34(3)39(47-42)30-23-31-46-50(44(8,9)10,37-26-19-15-20-27-37)38-28-21-16-22-29-38/h13-22,24-29,33-35,39-42H,1,23,30-32H2,2-12H3/t33-,34+,35+,39-,40+,41-,42+/m1/s1. The third-order valence-electron chi connectivity index (χ3n) is 11.7. The highest BCUT2D eigenvalue weighted by Gasteiger charge is 2.52. The topological polar surface area (TPSA) is 36.9 Å². The molecule has 3 aromatic carbocycles. The van der Waals surface area contributed by atoms with Gasteiger partial charge in [0.2, 0.25) is 0 Å². The lowest BCUT2D eigenvalue weighted by atomic mass is 9.77. The number of ether oxygens (including phenoxy) is 2. The van der Waals surface area contributed by atoms with Gasteiger partial charge in [-0.1, -0.05) is 159 Å². The molecule has 0 bridgehead atoms. The zero-order chi connectivity index (χ0) is 36.7. The molecule has 6 heteroatoms. The SMILES string of the molecule is C=C[C@@H](C)[C@H](OCc1ccccc1)[C@@H]1O[C@H](CCCO[Si](c2ccccc2)(c2ccccc2)C(C)(C)C)[C@@H](C)[C@H](C)[C@H]1O[Si](C)(C)C(C)(C)C. The van der Waals surface area contributed by atoms with Crippen LogP contribution in [0.25, 0.3) is 0 Å². The van der Waals surface area contributed by atoms with Crippen molar-refractivity contribution in [3.63, 3.8) is 0 Å². The van der Waals surface area contributed by atoms with Crippen molar-refractivity contribution in [2.75, 3.05) is 6.61 Å². The maximum Gasteiger partial charge on any atom is 0.261 e. The average Bonchev–Trinajstić information content (AvgIpc) is 3.08. The first-order valence-corrected chi connectivity index (χ1v) is 23.7. The molecule has 7 atom stereocenters. The quantitative estimate of drug-likeness (QED) is 0.0892. The van der Waals surface area contributed by atoms with Crippen molar-refractivity contribution in [2.45, 2.75) is 129 Å². The van der Waals surface area contributed by atoms with Gasteiger partial charge in [-0.2, -0.15) is 0 Å². The van der Waals surface area contributed by atoms with Crippen molar-refractivity contribution in [3.05, 3.63) is 109 Å². The Balaban J connectivity index is 1.60. The minimum Gasteiger partial charge on any atom is -0.411 e. The second kappa shape index (κ2) is 17.0. The molecule has 4 rings (SSSR count). The van der Waals surface area contributed by atoms with Crippen molar-refractivity contribution in [2.24, 2.45) is 17.8 Å². The molecular formula is C44H66O4Si2. The molecule has 1 fully saturated rings. The highest BCUT2D eigenvalue weighted by atomic mass is 28.4. The van der Waals surface area contributed by atoms with E-state index in [9.17, 15) is 0 Å². The van der Waals surface area contributed by atoms with Gasteiger partial charge < -0.3 is 18.3 Å². The predicted molar refractivity (Wildman–Crippen MR) is 216 cm³/mol. The molecule has 0 spiro atoms. The van der Waals surface area contributed by atoms with Crippen LogP contribution in [0.1, 0.15) is 80.7 Å².